The first kappa shape index (κ1) is 11.0. The highest BCUT2D eigenvalue weighted by molar-refractivity contribution is 5.22. The first-order chi connectivity index (χ1) is 7.65. The minimum atomic E-state index is -0.873. The van der Waals surface area contributed by atoms with Crippen LogP contribution in [0.1, 0.15) is 6.42 Å². The number of ether oxygens (including phenoxy) is 1. The summed E-state index contributed by atoms with van der Waals surface area (Å²) in [5, 5.41) is 21.4. The van der Waals surface area contributed by atoms with Crippen LogP contribution in [0.2, 0.25) is 0 Å². The number of anilines is 1. The zero-order valence-corrected chi connectivity index (χ0v) is 8.33. The normalized spacial score (nSPS) is 30.0. The topological polar surface area (TPSA) is 120 Å². The van der Waals surface area contributed by atoms with E-state index < -0.39 is 24.1 Å². The molecule has 1 saturated heterocycles. The molecular weight excluding hydrogens is 216 g/mol. The Morgan fingerprint density at radius 1 is 1.44 bits per heavy atom. The highest BCUT2D eigenvalue weighted by Gasteiger charge is 2.28. The zero-order valence-electron chi connectivity index (χ0n) is 8.33. The van der Waals surface area contributed by atoms with Crippen molar-refractivity contribution in [3.8, 4) is 0 Å². The van der Waals surface area contributed by atoms with Crippen molar-refractivity contribution in [2.45, 2.75) is 24.9 Å². The zero-order chi connectivity index (χ0) is 11.5. The van der Waals surface area contributed by atoms with E-state index in [1.165, 1.54) is 0 Å². The van der Waals surface area contributed by atoms with Crippen LogP contribution >= 0.6 is 0 Å². The van der Waals surface area contributed by atoms with Gasteiger partial charge >= 0.3 is 5.69 Å². The Morgan fingerprint density at radius 3 is 2.94 bits per heavy atom. The molecule has 16 heavy (non-hydrogen) atoms. The molecule has 0 saturated carbocycles. The second-order valence-corrected chi connectivity index (χ2v) is 3.49. The molecule has 0 radical (unpaired) electrons. The SMILES string of the molecule is O=c1ncnc(N[C@H]2C[C@H](O)[C@H](O)CO2)[nH]1. The van der Waals surface area contributed by atoms with Crippen molar-refractivity contribution in [1.29, 1.82) is 0 Å². The number of nitrogens with one attached hydrogen (secondary N) is 2. The lowest BCUT2D eigenvalue weighted by Crippen LogP contribution is -2.44. The maximum Gasteiger partial charge on any atom is 0.349 e. The molecule has 3 atom stereocenters. The van der Waals surface area contributed by atoms with Gasteiger partial charge in [-0.15, -0.1) is 0 Å². The molecule has 2 rings (SSSR count). The summed E-state index contributed by atoms with van der Waals surface area (Å²) in [6.07, 6.45) is -0.881. The third-order valence-electron chi connectivity index (χ3n) is 2.25. The van der Waals surface area contributed by atoms with Gasteiger partial charge in [0.1, 0.15) is 18.7 Å². The molecule has 1 aliphatic rings. The number of hydrogen-bond donors (Lipinski definition) is 4. The molecule has 1 fully saturated rings. The first-order valence-corrected chi connectivity index (χ1v) is 4.81. The van der Waals surface area contributed by atoms with Gasteiger partial charge in [-0.25, -0.2) is 9.78 Å². The maximum atomic E-state index is 10.9. The Balaban J connectivity index is 1.98. The largest absolute Gasteiger partial charge is 0.390 e. The van der Waals surface area contributed by atoms with Crippen LogP contribution in [0.4, 0.5) is 5.95 Å². The van der Waals surface area contributed by atoms with Crippen molar-refractivity contribution >= 4 is 5.95 Å². The fourth-order valence-corrected chi connectivity index (χ4v) is 1.40. The monoisotopic (exact) mass is 228 g/mol. The standard InChI is InChI=1S/C8H12N4O4/c13-4-1-6(16-2-5(4)14)11-7-9-3-10-8(15)12-7/h3-6,13-14H,1-2H2,(H2,9,10,11,12,15)/t4-,5+,6+/m0/s1. The van der Waals surface area contributed by atoms with E-state index in [1.807, 2.05) is 0 Å². The average molecular weight is 228 g/mol. The van der Waals surface area contributed by atoms with E-state index in [0.717, 1.165) is 6.33 Å². The molecule has 1 aromatic heterocycles. The number of aromatic amines is 1. The molecule has 8 heteroatoms. The van der Waals surface area contributed by atoms with Crippen molar-refractivity contribution in [2.75, 3.05) is 11.9 Å². The van der Waals surface area contributed by atoms with Crippen molar-refractivity contribution in [3.05, 3.63) is 16.8 Å². The van der Waals surface area contributed by atoms with Gasteiger partial charge in [0.25, 0.3) is 0 Å². The van der Waals surface area contributed by atoms with Gasteiger partial charge in [0.05, 0.1) is 12.7 Å². The minimum Gasteiger partial charge on any atom is -0.390 e. The molecule has 0 unspecified atom stereocenters. The highest BCUT2D eigenvalue weighted by atomic mass is 16.5. The summed E-state index contributed by atoms with van der Waals surface area (Å²) < 4.78 is 5.20. The number of nitrogens with zero attached hydrogens (tertiary/aromatic N) is 2. The third kappa shape index (κ3) is 2.54. The summed E-state index contributed by atoms with van der Waals surface area (Å²) in [5.41, 5.74) is -0.520. The Bertz CT molecular complexity index is 409. The lowest BCUT2D eigenvalue weighted by atomic mass is 10.1. The van der Waals surface area contributed by atoms with Gasteiger partial charge in [0.2, 0.25) is 5.95 Å². The smallest absolute Gasteiger partial charge is 0.349 e. The molecule has 88 valence electrons. The predicted octanol–water partition coefficient (Wildman–Crippen LogP) is -1.96. The summed E-state index contributed by atoms with van der Waals surface area (Å²) in [7, 11) is 0. The summed E-state index contributed by atoms with van der Waals surface area (Å²) in [5.74, 6) is 0.216. The lowest BCUT2D eigenvalue weighted by molar-refractivity contribution is -0.112. The summed E-state index contributed by atoms with van der Waals surface area (Å²) in [6, 6.07) is 0. The molecule has 0 aromatic carbocycles. The van der Waals surface area contributed by atoms with Gasteiger partial charge in [-0.1, -0.05) is 0 Å². The quantitative estimate of drug-likeness (QED) is 0.464. The van der Waals surface area contributed by atoms with Crippen LogP contribution in [0.25, 0.3) is 0 Å². The van der Waals surface area contributed by atoms with E-state index in [0.29, 0.717) is 0 Å². The van der Waals surface area contributed by atoms with Gasteiger partial charge in [0, 0.05) is 6.42 Å². The molecule has 0 amide bonds. The van der Waals surface area contributed by atoms with Crippen molar-refractivity contribution in [3.63, 3.8) is 0 Å². The molecule has 0 aliphatic carbocycles. The molecule has 1 aromatic rings. The van der Waals surface area contributed by atoms with Gasteiger partial charge in [-0.3, -0.25) is 4.98 Å². The number of aromatic nitrogens is 3. The minimum absolute atomic E-state index is 0.0359. The van der Waals surface area contributed by atoms with Gasteiger partial charge in [-0.05, 0) is 0 Å². The second kappa shape index (κ2) is 4.56. The predicted molar refractivity (Wildman–Crippen MR) is 52.6 cm³/mol. The van der Waals surface area contributed by atoms with E-state index >= 15 is 0 Å². The average Bonchev–Trinajstić information content (AvgIpc) is 2.24. The van der Waals surface area contributed by atoms with Crippen LogP contribution in [0, 0.1) is 0 Å². The van der Waals surface area contributed by atoms with Crippen LogP contribution in [-0.2, 0) is 4.74 Å². The maximum absolute atomic E-state index is 10.9. The summed E-state index contributed by atoms with van der Waals surface area (Å²) in [4.78, 5) is 20.4. The van der Waals surface area contributed by atoms with E-state index in [1.54, 1.807) is 0 Å². The molecule has 8 nitrogen and oxygen atoms in total. The number of hydrogen-bond acceptors (Lipinski definition) is 7. The highest BCUT2D eigenvalue weighted by Crippen LogP contribution is 2.14. The van der Waals surface area contributed by atoms with Gasteiger partial charge in [-0.2, -0.15) is 4.98 Å². The fourth-order valence-electron chi connectivity index (χ4n) is 1.40. The Hall–Kier alpha value is -1.51. The molecular formula is C8H12N4O4. The Labute approximate surface area is 90.3 Å². The number of rotatable bonds is 2. The summed E-state index contributed by atoms with van der Waals surface area (Å²) in [6.45, 7) is 0.0359. The van der Waals surface area contributed by atoms with Crippen LogP contribution in [0.5, 0.6) is 0 Å². The van der Waals surface area contributed by atoms with Crippen LogP contribution in [0.3, 0.4) is 0 Å². The summed E-state index contributed by atoms with van der Waals surface area (Å²) >= 11 is 0. The molecule has 1 aliphatic heterocycles. The third-order valence-corrected chi connectivity index (χ3v) is 2.25. The number of aliphatic hydroxyl groups is 2. The van der Waals surface area contributed by atoms with Gasteiger partial charge in [0.15, 0.2) is 0 Å². The van der Waals surface area contributed by atoms with E-state index in [9.17, 15) is 15.0 Å². The fraction of sp³-hybridized carbons (Fsp3) is 0.625. The van der Waals surface area contributed by atoms with Crippen molar-refractivity contribution in [2.24, 2.45) is 0 Å². The van der Waals surface area contributed by atoms with Crippen LogP contribution in [-0.4, -0.2) is 50.2 Å². The van der Waals surface area contributed by atoms with Crippen molar-refractivity contribution < 1.29 is 14.9 Å². The molecule has 4 N–H and O–H groups in total. The van der Waals surface area contributed by atoms with E-state index in [-0.39, 0.29) is 19.0 Å². The molecule has 0 spiro atoms. The van der Waals surface area contributed by atoms with E-state index in [4.69, 9.17) is 4.74 Å². The second-order valence-electron chi connectivity index (χ2n) is 3.49. The van der Waals surface area contributed by atoms with Gasteiger partial charge < -0.3 is 20.3 Å². The molecule has 2 heterocycles. The molecule has 0 bridgehead atoms. The van der Waals surface area contributed by atoms with Crippen molar-refractivity contribution in [1.82, 2.24) is 15.0 Å². The number of aliphatic hydroxyl groups excluding tert-OH is 2. The Morgan fingerprint density at radius 2 is 2.25 bits per heavy atom. The Kier molecular flexibility index (Phi) is 3.13. The lowest BCUT2D eigenvalue weighted by Gasteiger charge is -2.30. The first-order valence-electron chi connectivity index (χ1n) is 4.81. The van der Waals surface area contributed by atoms with E-state index in [2.05, 4.69) is 20.3 Å². The number of H-pyrrole nitrogens is 1. The van der Waals surface area contributed by atoms with Crippen LogP contribution in [0.15, 0.2) is 11.1 Å². The van der Waals surface area contributed by atoms with Crippen LogP contribution < -0.4 is 11.0 Å².